The topological polar surface area (TPSA) is 55.8 Å². The second-order valence-electron chi connectivity index (χ2n) is 7.96. The molecule has 0 aliphatic carbocycles. The van der Waals surface area contributed by atoms with Gasteiger partial charge >= 0.3 is 6.03 Å². The molecule has 2 amide bonds. The lowest BCUT2D eigenvalue weighted by Gasteiger charge is -2.44. The van der Waals surface area contributed by atoms with Crippen LogP contribution in [0, 0.1) is 11.7 Å². The van der Waals surface area contributed by atoms with Crippen LogP contribution in [0.3, 0.4) is 0 Å². The highest BCUT2D eigenvalue weighted by Gasteiger charge is 2.47. The van der Waals surface area contributed by atoms with E-state index in [2.05, 4.69) is 16.3 Å². The van der Waals surface area contributed by atoms with Crippen molar-refractivity contribution in [3.8, 4) is 11.1 Å². The second kappa shape index (κ2) is 8.03. The summed E-state index contributed by atoms with van der Waals surface area (Å²) in [6.07, 6.45) is 1.75. The first-order valence-electron chi connectivity index (χ1n) is 10.3. The van der Waals surface area contributed by atoms with Crippen LogP contribution in [0.4, 0.5) is 14.9 Å². The van der Waals surface area contributed by atoms with E-state index in [1.54, 1.807) is 12.1 Å². The number of fused-ring (bicyclic) bond motifs is 3. The molecule has 0 bridgehead atoms. The van der Waals surface area contributed by atoms with E-state index in [-0.39, 0.29) is 36.5 Å². The largest absolute Gasteiger partial charge is 0.394 e. The van der Waals surface area contributed by atoms with Crippen LogP contribution < -0.4 is 10.2 Å². The molecule has 0 aromatic heterocycles. The average molecular weight is 397 g/mol. The van der Waals surface area contributed by atoms with E-state index in [1.807, 2.05) is 31.0 Å². The molecule has 2 aromatic carbocycles. The lowest BCUT2D eigenvalue weighted by molar-refractivity contribution is 0.161. The lowest BCUT2D eigenvalue weighted by atomic mass is 9.81. The third-order valence-electron chi connectivity index (χ3n) is 6.31. The third kappa shape index (κ3) is 3.46. The normalized spacial score (nSPS) is 23.0. The van der Waals surface area contributed by atoms with Gasteiger partial charge in [-0.1, -0.05) is 25.1 Å². The highest BCUT2D eigenvalue weighted by Crippen LogP contribution is 2.49. The highest BCUT2D eigenvalue weighted by atomic mass is 19.1. The fourth-order valence-corrected chi connectivity index (χ4v) is 4.84. The number of benzene rings is 2. The van der Waals surface area contributed by atoms with Crippen molar-refractivity contribution in [1.29, 1.82) is 0 Å². The Morgan fingerprint density at radius 1 is 1.21 bits per heavy atom. The number of amides is 2. The molecule has 0 spiro atoms. The van der Waals surface area contributed by atoms with Crippen LogP contribution >= 0.6 is 0 Å². The molecule has 4 rings (SSSR count). The molecule has 1 fully saturated rings. The molecule has 3 atom stereocenters. The predicted octanol–water partition coefficient (Wildman–Crippen LogP) is 3.79. The quantitative estimate of drug-likeness (QED) is 0.825. The zero-order valence-corrected chi connectivity index (χ0v) is 16.9. The molecule has 0 radical (unpaired) electrons. The molecule has 6 heteroatoms. The minimum Gasteiger partial charge on any atom is -0.394 e. The van der Waals surface area contributed by atoms with E-state index < -0.39 is 0 Å². The molecule has 2 aliphatic rings. The minimum atomic E-state index is -0.258. The number of urea groups is 1. The number of aliphatic hydroxyl groups excluding tert-OH is 1. The van der Waals surface area contributed by atoms with Gasteiger partial charge < -0.3 is 20.2 Å². The first-order chi connectivity index (χ1) is 14.0. The van der Waals surface area contributed by atoms with Crippen LogP contribution in [0.2, 0.25) is 0 Å². The number of likely N-dealkylation sites (N-methyl/N-ethyl adjacent to an activating group) is 1. The van der Waals surface area contributed by atoms with E-state index in [1.165, 1.54) is 12.1 Å². The molecule has 0 unspecified atom stereocenters. The van der Waals surface area contributed by atoms with Gasteiger partial charge in [0.15, 0.2) is 0 Å². The van der Waals surface area contributed by atoms with Gasteiger partial charge in [-0.25, -0.2) is 9.18 Å². The van der Waals surface area contributed by atoms with Gasteiger partial charge in [-0.15, -0.1) is 0 Å². The van der Waals surface area contributed by atoms with Gasteiger partial charge in [0.25, 0.3) is 0 Å². The van der Waals surface area contributed by atoms with Crippen LogP contribution in [0.15, 0.2) is 42.5 Å². The summed E-state index contributed by atoms with van der Waals surface area (Å²) in [5.41, 5.74) is 4.07. The maximum atomic E-state index is 13.3. The summed E-state index contributed by atoms with van der Waals surface area (Å²) in [6.45, 7) is 3.42. The van der Waals surface area contributed by atoms with Crippen LogP contribution in [-0.4, -0.2) is 48.8 Å². The van der Waals surface area contributed by atoms with Gasteiger partial charge in [0.2, 0.25) is 0 Å². The predicted molar refractivity (Wildman–Crippen MR) is 112 cm³/mol. The molecule has 2 heterocycles. The number of hydrogen-bond acceptors (Lipinski definition) is 3. The summed E-state index contributed by atoms with van der Waals surface area (Å²) in [4.78, 5) is 16.9. The number of carbonyl (C=O) groups excluding carboxylic acids is 1. The Labute approximate surface area is 171 Å². The van der Waals surface area contributed by atoms with E-state index in [0.717, 1.165) is 35.2 Å². The smallest absolute Gasteiger partial charge is 0.317 e. The monoisotopic (exact) mass is 397 g/mol. The maximum Gasteiger partial charge on any atom is 0.317 e. The molecule has 2 aliphatic heterocycles. The van der Waals surface area contributed by atoms with Gasteiger partial charge in [0, 0.05) is 31.7 Å². The molecule has 5 nitrogen and oxygen atoms in total. The van der Waals surface area contributed by atoms with Gasteiger partial charge in [0.1, 0.15) is 5.82 Å². The Kier molecular flexibility index (Phi) is 5.46. The van der Waals surface area contributed by atoms with Gasteiger partial charge in [-0.3, -0.25) is 0 Å². The fourth-order valence-electron chi connectivity index (χ4n) is 4.84. The molecular weight excluding hydrogens is 369 g/mol. The Balaban J connectivity index is 1.76. The zero-order chi connectivity index (χ0) is 20.5. The van der Waals surface area contributed by atoms with Gasteiger partial charge in [-0.05, 0) is 53.8 Å². The Morgan fingerprint density at radius 2 is 1.93 bits per heavy atom. The Hall–Kier alpha value is -2.60. The van der Waals surface area contributed by atoms with E-state index in [4.69, 9.17) is 0 Å². The molecule has 2 N–H and O–H groups in total. The number of halogens is 1. The number of nitrogens with one attached hydrogen (secondary N) is 1. The number of rotatable bonds is 4. The standard InChI is InChI=1S/C23H28FN3O2/c1-3-11-25-23(29)27-12-10-18-21(14-28)26(2)20-9-6-16(13-19(20)22(18)27)15-4-7-17(24)8-5-15/h4-9,13,18,21-22,28H,3,10-12,14H2,1-2H3,(H,25,29)/t18-,21-,22-/m0/s1. The van der Waals surface area contributed by atoms with Crippen molar-refractivity contribution in [2.75, 3.05) is 31.6 Å². The second-order valence-corrected chi connectivity index (χ2v) is 7.96. The van der Waals surface area contributed by atoms with Crippen LogP contribution in [0.5, 0.6) is 0 Å². The third-order valence-corrected chi connectivity index (χ3v) is 6.31. The fraction of sp³-hybridized carbons (Fsp3) is 0.435. The summed E-state index contributed by atoms with van der Waals surface area (Å²) in [7, 11) is 2.01. The maximum absolute atomic E-state index is 13.3. The Bertz CT molecular complexity index is 886. The molecule has 154 valence electrons. The molecule has 1 saturated heterocycles. The average Bonchev–Trinajstić information content (AvgIpc) is 3.18. The summed E-state index contributed by atoms with van der Waals surface area (Å²) in [5.74, 6) is -0.0831. The van der Waals surface area contributed by atoms with E-state index >= 15 is 0 Å². The van der Waals surface area contributed by atoms with E-state index in [0.29, 0.717) is 13.1 Å². The lowest BCUT2D eigenvalue weighted by Crippen LogP contribution is -2.49. The summed E-state index contributed by atoms with van der Waals surface area (Å²) < 4.78 is 13.3. The molecule has 2 aromatic rings. The number of nitrogens with zero attached hydrogens (tertiary/aromatic N) is 2. The van der Waals surface area contributed by atoms with Crippen molar-refractivity contribution in [3.63, 3.8) is 0 Å². The first kappa shape index (κ1) is 19.7. The zero-order valence-electron chi connectivity index (χ0n) is 16.9. The van der Waals surface area contributed by atoms with Crippen molar-refractivity contribution in [2.24, 2.45) is 5.92 Å². The summed E-state index contributed by atoms with van der Waals surface area (Å²) in [5, 5.41) is 13.1. The molecule has 0 saturated carbocycles. The SMILES string of the molecule is CCCNC(=O)N1CC[C@@H]2[C@H]1c1cc(-c3ccc(F)cc3)ccc1N(C)[C@H]2CO. The molecular formula is C23H28FN3O2. The number of likely N-dealkylation sites (tertiary alicyclic amines) is 1. The van der Waals surface area contributed by atoms with Gasteiger partial charge in [-0.2, -0.15) is 0 Å². The Morgan fingerprint density at radius 3 is 2.62 bits per heavy atom. The van der Waals surface area contributed by atoms with Crippen molar-refractivity contribution in [3.05, 3.63) is 53.8 Å². The van der Waals surface area contributed by atoms with Crippen molar-refractivity contribution < 1.29 is 14.3 Å². The van der Waals surface area contributed by atoms with Crippen LogP contribution in [0.1, 0.15) is 31.4 Å². The van der Waals surface area contributed by atoms with Crippen LogP contribution in [0.25, 0.3) is 11.1 Å². The summed E-state index contributed by atoms with van der Waals surface area (Å²) in [6, 6.07) is 12.5. The first-order valence-corrected chi connectivity index (χ1v) is 10.3. The van der Waals surface area contributed by atoms with Crippen LogP contribution in [-0.2, 0) is 0 Å². The number of carbonyl (C=O) groups is 1. The van der Waals surface area contributed by atoms with Crippen molar-refractivity contribution >= 4 is 11.7 Å². The van der Waals surface area contributed by atoms with Crippen molar-refractivity contribution in [1.82, 2.24) is 10.2 Å². The highest BCUT2D eigenvalue weighted by molar-refractivity contribution is 5.77. The molecule has 29 heavy (non-hydrogen) atoms. The van der Waals surface area contributed by atoms with Gasteiger partial charge in [0.05, 0.1) is 18.7 Å². The number of hydrogen-bond donors (Lipinski definition) is 2. The minimum absolute atomic E-state index is 0.0202. The van der Waals surface area contributed by atoms with Crippen molar-refractivity contribution in [2.45, 2.75) is 31.8 Å². The number of anilines is 1. The summed E-state index contributed by atoms with van der Waals surface area (Å²) >= 11 is 0. The van der Waals surface area contributed by atoms with E-state index in [9.17, 15) is 14.3 Å². The number of aliphatic hydroxyl groups is 1.